The zero-order valence-electron chi connectivity index (χ0n) is 11.8. The number of non-ortho nitro benzene ring substituents is 1. The molecule has 2 rings (SSSR count). The summed E-state index contributed by atoms with van der Waals surface area (Å²) in [6.07, 6.45) is 1.73. The van der Waals surface area contributed by atoms with Crippen molar-refractivity contribution in [2.75, 3.05) is 25.1 Å². The minimum Gasteiger partial charge on any atom is -0.493 e. The van der Waals surface area contributed by atoms with E-state index in [0.29, 0.717) is 31.3 Å². The van der Waals surface area contributed by atoms with Crippen LogP contribution in [0.15, 0.2) is 18.2 Å². The van der Waals surface area contributed by atoms with Crippen LogP contribution in [0.2, 0.25) is 0 Å². The molecule has 1 aromatic carbocycles. The van der Waals surface area contributed by atoms with E-state index in [1.807, 2.05) is 13.8 Å². The van der Waals surface area contributed by atoms with Crippen molar-refractivity contribution in [3.8, 4) is 5.75 Å². The second-order valence-electron chi connectivity index (χ2n) is 5.31. The molecule has 0 radical (unpaired) electrons. The van der Waals surface area contributed by atoms with Gasteiger partial charge in [0.1, 0.15) is 5.75 Å². The molecule has 1 N–H and O–H groups in total. The largest absolute Gasteiger partial charge is 0.493 e. The molecule has 1 atom stereocenters. The number of benzene rings is 1. The zero-order chi connectivity index (χ0) is 14.6. The van der Waals surface area contributed by atoms with Crippen LogP contribution < -0.4 is 10.1 Å². The van der Waals surface area contributed by atoms with Crippen molar-refractivity contribution in [3.05, 3.63) is 28.3 Å². The van der Waals surface area contributed by atoms with Gasteiger partial charge in [-0.15, -0.1) is 0 Å². The quantitative estimate of drug-likeness (QED) is 0.640. The molecule has 0 aliphatic carbocycles. The molecule has 0 saturated carbocycles. The lowest BCUT2D eigenvalue weighted by molar-refractivity contribution is -0.384. The molecule has 0 spiro atoms. The highest BCUT2D eigenvalue weighted by Crippen LogP contribution is 2.30. The van der Waals surface area contributed by atoms with Gasteiger partial charge in [-0.2, -0.15) is 0 Å². The summed E-state index contributed by atoms with van der Waals surface area (Å²) >= 11 is 0. The molecule has 1 unspecified atom stereocenters. The maximum atomic E-state index is 11.0. The normalized spacial score (nSPS) is 21.7. The molecule has 1 aromatic rings. The SMILES string of the molecule is CCCOc1cc(NC2(C)CCOC2)cc([N+](=O)[O-])c1. The van der Waals surface area contributed by atoms with Crippen LogP contribution in [0.1, 0.15) is 26.7 Å². The lowest BCUT2D eigenvalue weighted by atomic mass is 10.0. The Morgan fingerprint density at radius 1 is 1.50 bits per heavy atom. The van der Waals surface area contributed by atoms with E-state index < -0.39 is 4.92 Å². The molecule has 0 aromatic heterocycles. The lowest BCUT2D eigenvalue weighted by Crippen LogP contribution is -2.34. The summed E-state index contributed by atoms with van der Waals surface area (Å²) < 4.78 is 10.9. The van der Waals surface area contributed by atoms with Gasteiger partial charge in [0.2, 0.25) is 0 Å². The van der Waals surface area contributed by atoms with E-state index in [-0.39, 0.29) is 11.2 Å². The molecule has 0 bridgehead atoms. The van der Waals surface area contributed by atoms with Crippen LogP contribution in [-0.2, 0) is 4.74 Å². The van der Waals surface area contributed by atoms with E-state index in [4.69, 9.17) is 9.47 Å². The number of ether oxygens (including phenoxy) is 2. The molecule has 6 heteroatoms. The van der Waals surface area contributed by atoms with Gasteiger partial charge in [-0.3, -0.25) is 10.1 Å². The number of anilines is 1. The molecule has 20 heavy (non-hydrogen) atoms. The van der Waals surface area contributed by atoms with E-state index in [2.05, 4.69) is 5.32 Å². The van der Waals surface area contributed by atoms with Gasteiger partial charge in [0.25, 0.3) is 5.69 Å². The number of nitro benzene ring substituents is 1. The molecule has 6 nitrogen and oxygen atoms in total. The summed E-state index contributed by atoms with van der Waals surface area (Å²) in [7, 11) is 0. The summed E-state index contributed by atoms with van der Waals surface area (Å²) in [6.45, 7) is 5.89. The third-order valence-electron chi connectivity index (χ3n) is 3.24. The predicted molar refractivity (Wildman–Crippen MR) is 76.3 cm³/mol. The minimum absolute atomic E-state index is 0.0311. The van der Waals surface area contributed by atoms with Gasteiger partial charge in [0.05, 0.1) is 29.7 Å². The summed E-state index contributed by atoms with van der Waals surface area (Å²) in [5.74, 6) is 0.520. The summed E-state index contributed by atoms with van der Waals surface area (Å²) in [4.78, 5) is 10.6. The van der Waals surface area contributed by atoms with Gasteiger partial charge < -0.3 is 14.8 Å². The fraction of sp³-hybridized carbons (Fsp3) is 0.571. The van der Waals surface area contributed by atoms with Crippen LogP contribution in [0, 0.1) is 10.1 Å². The number of nitrogens with zero attached hydrogens (tertiary/aromatic N) is 1. The molecule has 1 saturated heterocycles. The first-order chi connectivity index (χ1) is 9.52. The molecular formula is C14H20N2O4. The maximum absolute atomic E-state index is 11.0. The van der Waals surface area contributed by atoms with Crippen molar-refractivity contribution >= 4 is 11.4 Å². The monoisotopic (exact) mass is 280 g/mol. The topological polar surface area (TPSA) is 73.6 Å². The van der Waals surface area contributed by atoms with Crippen molar-refractivity contribution in [2.24, 2.45) is 0 Å². The first-order valence-corrected chi connectivity index (χ1v) is 6.81. The van der Waals surface area contributed by atoms with Crippen molar-refractivity contribution in [2.45, 2.75) is 32.2 Å². The molecule has 1 heterocycles. The average Bonchev–Trinajstić information content (AvgIpc) is 2.82. The number of hydrogen-bond donors (Lipinski definition) is 1. The molecule has 0 amide bonds. The van der Waals surface area contributed by atoms with Crippen LogP contribution in [-0.4, -0.2) is 30.3 Å². The molecular weight excluding hydrogens is 260 g/mol. The number of nitro groups is 1. The summed E-state index contributed by atoms with van der Waals surface area (Å²) in [5.41, 5.74) is 0.541. The standard InChI is InChI=1S/C14H20N2O4/c1-3-5-20-13-8-11(7-12(9-13)16(17)18)15-14(2)4-6-19-10-14/h7-9,15H,3-6,10H2,1-2H3. The van der Waals surface area contributed by atoms with E-state index in [0.717, 1.165) is 12.8 Å². The van der Waals surface area contributed by atoms with Crippen LogP contribution in [0.4, 0.5) is 11.4 Å². The highest BCUT2D eigenvalue weighted by Gasteiger charge is 2.30. The Hall–Kier alpha value is -1.82. The molecule has 1 fully saturated rings. The van der Waals surface area contributed by atoms with Gasteiger partial charge in [0, 0.05) is 24.4 Å². The molecule has 110 valence electrons. The van der Waals surface area contributed by atoms with Crippen LogP contribution in [0.25, 0.3) is 0 Å². The Bertz CT molecular complexity index is 484. The maximum Gasteiger partial charge on any atom is 0.275 e. The summed E-state index contributed by atoms with van der Waals surface area (Å²) in [5, 5.41) is 14.3. The minimum atomic E-state index is -0.405. The van der Waals surface area contributed by atoms with Crippen molar-refractivity contribution in [1.82, 2.24) is 0 Å². The van der Waals surface area contributed by atoms with E-state index in [9.17, 15) is 10.1 Å². The Labute approximate surface area is 118 Å². The third-order valence-corrected chi connectivity index (χ3v) is 3.24. The first-order valence-electron chi connectivity index (χ1n) is 6.81. The first kappa shape index (κ1) is 14.6. The van der Waals surface area contributed by atoms with Crippen molar-refractivity contribution in [3.63, 3.8) is 0 Å². The van der Waals surface area contributed by atoms with Crippen molar-refractivity contribution < 1.29 is 14.4 Å². The van der Waals surface area contributed by atoms with E-state index in [1.165, 1.54) is 12.1 Å². The van der Waals surface area contributed by atoms with Gasteiger partial charge in [0.15, 0.2) is 0 Å². The highest BCUT2D eigenvalue weighted by molar-refractivity contribution is 5.57. The Morgan fingerprint density at radius 3 is 2.90 bits per heavy atom. The fourth-order valence-electron chi connectivity index (χ4n) is 2.18. The second kappa shape index (κ2) is 6.09. The van der Waals surface area contributed by atoms with Gasteiger partial charge in [-0.1, -0.05) is 6.92 Å². The van der Waals surface area contributed by atoms with Gasteiger partial charge in [-0.05, 0) is 19.8 Å². The predicted octanol–water partition coefficient (Wildman–Crippen LogP) is 2.97. The average molecular weight is 280 g/mol. The molecule has 1 aliphatic rings. The second-order valence-corrected chi connectivity index (χ2v) is 5.31. The lowest BCUT2D eigenvalue weighted by Gasteiger charge is -2.25. The summed E-state index contributed by atoms with van der Waals surface area (Å²) in [6, 6.07) is 4.78. The smallest absolute Gasteiger partial charge is 0.275 e. The highest BCUT2D eigenvalue weighted by atomic mass is 16.6. The fourth-order valence-corrected chi connectivity index (χ4v) is 2.18. The molecule has 1 aliphatic heterocycles. The van der Waals surface area contributed by atoms with Gasteiger partial charge in [-0.25, -0.2) is 0 Å². The van der Waals surface area contributed by atoms with Crippen LogP contribution >= 0.6 is 0 Å². The number of nitrogens with one attached hydrogen (secondary N) is 1. The Morgan fingerprint density at radius 2 is 2.30 bits per heavy atom. The third kappa shape index (κ3) is 3.60. The van der Waals surface area contributed by atoms with E-state index in [1.54, 1.807) is 6.07 Å². The zero-order valence-corrected chi connectivity index (χ0v) is 11.8. The Balaban J connectivity index is 2.21. The van der Waals surface area contributed by atoms with E-state index >= 15 is 0 Å². The van der Waals surface area contributed by atoms with Crippen LogP contribution in [0.5, 0.6) is 5.75 Å². The van der Waals surface area contributed by atoms with Gasteiger partial charge >= 0.3 is 0 Å². The van der Waals surface area contributed by atoms with Crippen LogP contribution in [0.3, 0.4) is 0 Å². The van der Waals surface area contributed by atoms with Crippen molar-refractivity contribution in [1.29, 1.82) is 0 Å². The Kier molecular flexibility index (Phi) is 4.44. The number of rotatable bonds is 6. The number of hydrogen-bond acceptors (Lipinski definition) is 5.